The fourth-order valence-corrected chi connectivity index (χ4v) is 5.82. The van der Waals surface area contributed by atoms with E-state index in [0.29, 0.717) is 21.3 Å². The van der Waals surface area contributed by atoms with Crippen LogP contribution in [0.4, 0.5) is 5.69 Å². The third-order valence-electron chi connectivity index (χ3n) is 4.66. The topological polar surface area (TPSA) is 99.7 Å². The van der Waals surface area contributed by atoms with E-state index in [4.69, 9.17) is 34.8 Å². The van der Waals surface area contributed by atoms with Crippen LogP contribution in [0.2, 0.25) is 15.1 Å². The van der Waals surface area contributed by atoms with Crippen LogP contribution in [0, 0.1) is 0 Å². The Morgan fingerprint density at radius 1 is 1.12 bits per heavy atom. The van der Waals surface area contributed by atoms with Crippen molar-refractivity contribution >= 4 is 74.3 Å². The summed E-state index contributed by atoms with van der Waals surface area (Å²) < 4.78 is 35.8. The van der Waals surface area contributed by atoms with Crippen molar-refractivity contribution in [3.63, 3.8) is 0 Å². The van der Waals surface area contributed by atoms with Crippen LogP contribution < -0.4 is 14.8 Å². The number of hydrogen-bond donors (Lipinski definition) is 3. The molecule has 4 rings (SSSR count). The number of anilines is 1. The number of carbonyl (C=O) groups excluding carboxylic acids is 1. The Morgan fingerprint density at radius 3 is 2.66 bits per heavy atom. The van der Waals surface area contributed by atoms with Gasteiger partial charge in [-0.2, -0.15) is 0 Å². The minimum Gasteiger partial charge on any atom is -0.348 e. The second-order valence-corrected chi connectivity index (χ2v) is 10.4. The average molecular weight is 530 g/mol. The SMILES string of the molecule is O=C(NCc1ccc(Cl)cc1Cl)c1ccc(Cl)cc1NS(=O)(=O)C1=CC=CC2=NSNC12. The number of nitrogens with one attached hydrogen (secondary N) is 3. The summed E-state index contributed by atoms with van der Waals surface area (Å²) in [7, 11) is -4.01. The van der Waals surface area contributed by atoms with Crippen LogP contribution in [0.5, 0.6) is 0 Å². The summed E-state index contributed by atoms with van der Waals surface area (Å²) in [5, 5.41) is 3.90. The standard InChI is InChI=1S/C20H15Cl3N4O3S2/c21-12-5-4-11(15(23)8-12)10-24-20(28)14-7-6-13(22)9-17(14)27-32(29,30)18-3-1-2-16-19(18)26-31-25-16/h1-9,19,26-27H,10H2,(H,24,28). The molecule has 32 heavy (non-hydrogen) atoms. The molecule has 0 fully saturated rings. The number of allylic oxidation sites excluding steroid dienone is 2. The van der Waals surface area contributed by atoms with Gasteiger partial charge in [-0.25, -0.2) is 17.5 Å². The molecule has 3 N–H and O–H groups in total. The smallest absolute Gasteiger partial charge is 0.260 e. The number of rotatable bonds is 6. The number of fused-ring (bicyclic) bond motifs is 1. The zero-order valence-electron chi connectivity index (χ0n) is 16.1. The van der Waals surface area contributed by atoms with Gasteiger partial charge >= 0.3 is 0 Å². The number of benzene rings is 2. The van der Waals surface area contributed by atoms with Crippen molar-refractivity contribution in [2.75, 3.05) is 4.72 Å². The maximum atomic E-state index is 13.1. The molecule has 1 aliphatic carbocycles. The summed E-state index contributed by atoms with van der Waals surface area (Å²) >= 11 is 19.2. The van der Waals surface area contributed by atoms with Gasteiger partial charge in [0.1, 0.15) is 0 Å². The van der Waals surface area contributed by atoms with E-state index in [1.807, 2.05) is 0 Å². The molecule has 1 atom stereocenters. The highest BCUT2D eigenvalue weighted by atomic mass is 35.5. The van der Waals surface area contributed by atoms with Crippen LogP contribution in [0.25, 0.3) is 0 Å². The first-order valence-electron chi connectivity index (χ1n) is 9.17. The highest BCUT2D eigenvalue weighted by Gasteiger charge is 2.34. The van der Waals surface area contributed by atoms with E-state index in [2.05, 4.69) is 19.2 Å². The second-order valence-electron chi connectivity index (χ2n) is 6.80. The van der Waals surface area contributed by atoms with Gasteiger partial charge in [-0.3, -0.25) is 9.52 Å². The minimum atomic E-state index is -4.01. The van der Waals surface area contributed by atoms with Gasteiger partial charge in [0.05, 0.1) is 40.0 Å². The summed E-state index contributed by atoms with van der Waals surface area (Å²) in [5.41, 5.74) is 1.42. The molecular weight excluding hydrogens is 515 g/mol. The maximum absolute atomic E-state index is 13.1. The third-order valence-corrected chi connectivity index (χ3v) is 7.61. The van der Waals surface area contributed by atoms with Gasteiger partial charge < -0.3 is 5.32 Å². The summed E-state index contributed by atoms with van der Waals surface area (Å²) in [4.78, 5) is 12.9. The van der Waals surface area contributed by atoms with E-state index < -0.39 is 22.0 Å². The van der Waals surface area contributed by atoms with Crippen LogP contribution in [0.3, 0.4) is 0 Å². The number of nitrogens with zero attached hydrogens (tertiary/aromatic N) is 1. The van der Waals surface area contributed by atoms with Gasteiger partial charge in [0.25, 0.3) is 15.9 Å². The maximum Gasteiger partial charge on any atom is 0.260 e. The predicted molar refractivity (Wildman–Crippen MR) is 131 cm³/mol. The molecule has 0 saturated carbocycles. The van der Waals surface area contributed by atoms with E-state index in [0.717, 1.165) is 12.1 Å². The zero-order chi connectivity index (χ0) is 22.9. The third kappa shape index (κ3) is 4.98. The lowest BCUT2D eigenvalue weighted by Crippen LogP contribution is -2.36. The molecule has 0 spiro atoms. The molecule has 0 saturated heterocycles. The van der Waals surface area contributed by atoms with E-state index in [-0.39, 0.29) is 27.7 Å². The lowest BCUT2D eigenvalue weighted by molar-refractivity contribution is 0.0952. The van der Waals surface area contributed by atoms with Crippen molar-refractivity contribution in [3.8, 4) is 0 Å². The van der Waals surface area contributed by atoms with E-state index >= 15 is 0 Å². The first-order valence-corrected chi connectivity index (χ1v) is 12.6. The van der Waals surface area contributed by atoms with Gasteiger partial charge in [-0.15, -0.1) is 0 Å². The monoisotopic (exact) mass is 528 g/mol. The molecule has 2 aromatic rings. The van der Waals surface area contributed by atoms with Crippen LogP contribution in [-0.4, -0.2) is 26.1 Å². The number of amides is 1. The normalized spacial score (nSPS) is 17.4. The van der Waals surface area contributed by atoms with E-state index in [9.17, 15) is 13.2 Å². The molecule has 1 unspecified atom stereocenters. The average Bonchev–Trinajstić information content (AvgIpc) is 3.21. The molecule has 12 heteroatoms. The number of sulfonamides is 1. The molecule has 2 aromatic carbocycles. The molecule has 0 radical (unpaired) electrons. The Bertz CT molecular complexity index is 1290. The summed E-state index contributed by atoms with van der Waals surface area (Å²) in [6, 6.07) is 8.70. The van der Waals surface area contributed by atoms with Gasteiger partial charge in [0, 0.05) is 21.6 Å². The lowest BCUT2D eigenvalue weighted by atomic mass is 10.1. The Morgan fingerprint density at radius 2 is 1.88 bits per heavy atom. The van der Waals surface area contributed by atoms with Gasteiger partial charge in [-0.05, 0) is 48.0 Å². The minimum absolute atomic E-state index is 0.0526. The molecule has 0 aromatic heterocycles. The summed E-state index contributed by atoms with van der Waals surface area (Å²) in [6.07, 6.45) is 4.83. The highest BCUT2D eigenvalue weighted by molar-refractivity contribution is 7.97. The number of hydrogen-bond acceptors (Lipinski definition) is 6. The molecule has 166 valence electrons. The lowest BCUT2D eigenvalue weighted by Gasteiger charge is -2.20. The zero-order valence-corrected chi connectivity index (χ0v) is 20.0. The first-order chi connectivity index (χ1) is 15.2. The van der Waals surface area contributed by atoms with Gasteiger partial charge in [0.2, 0.25) is 0 Å². The predicted octanol–water partition coefficient (Wildman–Crippen LogP) is 4.75. The van der Waals surface area contributed by atoms with Crippen LogP contribution >= 0.6 is 46.9 Å². The molecule has 1 heterocycles. The molecule has 1 amide bonds. The first kappa shape index (κ1) is 23.2. The van der Waals surface area contributed by atoms with E-state index in [1.54, 1.807) is 30.4 Å². The molecule has 2 aliphatic rings. The van der Waals surface area contributed by atoms with E-state index in [1.165, 1.54) is 24.3 Å². The number of carbonyl (C=O) groups is 1. The Labute approximate surface area is 204 Å². The van der Waals surface area contributed by atoms with Gasteiger partial charge in [-0.1, -0.05) is 46.9 Å². The van der Waals surface area contributed by atoms with Crippen molar-refractivity contribution in [1.29, 1.82) is 0 Å². The van der Waals surface area contributed by atoms with Crippen molar-refractivity contribution in [2.24, 2.45) is 4.40 Å². The molecule has 7 nitrogen and oxygen atoms in total. The summed E-state index contributed by atoms with van der Waals surface area (Å²) in [6.45, 7) is 0.128. The molecule has 1 aliphatic heterocycles. The molecular formula is C20H15Cl3N4O3S2. The Hall–Kier alpha value is -2.01. The quantitative estimate of drug-likeness (QED) is 0.469. The fourth-order valence-electron chi connectivity index (χ4n) is 3.10. The fraction of sp³-hybridized carbons (Fsp3) is 0.100. The largest absolute Gasteiger partial charge is 0.348 e. The Kier molecular flexibility index (Phi) is 6.85. The number of halogens is 3. The van der Waals surface area contributed by atoms with Crippen LogP contribution in [0.1, 0.15) is 15.9 Å². The van der Waals surface area contributed by atoms with Crippen molar-refractivity contribution < 1.29 is 13.2 Å². The molecule has 0 bridgehead atoms. The van der Waals surface area contributed by atoms with Gasteiger partial charge in [0.15, 0.2) is 0 Å². The Balaban J connectivity index is 1.57. The highest BCUT2D eigenvalue weighted by Crippen LogP contribution is 2.29. The second kappa shape index (κ2) is 9.46. The van der Waals surface area contributed by atoms with Crippen molar-refractivity contribution in [3.05, 3.63) is 85.7 Å². The van der Waals surface area contributed by atoms with Crippen LogP contribution in [-0.2, 0) is 16.6 Å². The van der Waals surface area contributed by atoms with Crippen LogP contribution in [0.15, 0.2) is 63.9 Å². The van der Waals surface area contributed by atoms with Crippen molar-refractivity contribution in [2.45, 2.75) is 12.6 Å². The van der Waals surface area contributed by atoms with Crippen molar-refractivity contribution in [1.82, 2.24) is 10.0 Å². The summed E-state index contributed by atoms with van der Waals surface area (Å²) in [5.74, 6) is -0.500.